The van der Waals surface area contributed by atoms with E-state index in [1.165, 1.54) is 0 Å². The molecule has 0 saturated carbocycles. The summed E-state index contributed by atoms with van der Waals surface area (Å²) < 4.78 is 5.47. The minimum absolute atomic E-state index is 0.231. The van der Waals surface area contributed by atoms with Crippen LogP contribution in [-0.2, 0) is 20.7 Å². The molecule has 1 aliphatic rings. The van der Waals surface area contributed by atoms with Crippen LogP contribution in [0, 0.1) is 0 Å². The number of amides is 2. The van der Waals surface area contributed by atoms with Gasteiger partial charge in [0.1, 0.15) is 12.1 Å². The molecular formula is C22H23N3O3. The lowest BCUT2D eigenvalue weighted by molar-refractivity contribution is -0.133. The summed E-state index contributed by atoms with van der Waals surface area (Å²) in [6, 6.07) is 16.5. The first-order chi connectivity index (χ1) is 13.7. The molecule has 2 atom stereocenters. The Morgan fingerprint density at radius 1 is 1.11 bits per heavy atom. The molecule has 0 spiro atoms. The predicted molar refractivity (Wildman–Crippen MR) is 108 cm³/mol. The maximum Gasteiger partial charge on any atom is 0.249 e. The van der Waals surface area contributed by atoms with Crippen LogP contribution in [0.4, 0.5) is 5.69 Å². The van der Waals surface area contributed by atoms with Crippen molar-refractivity contribution < 1.29 is 14.3 Å². The number of aromatic amines is 1. The number of ether oxygens (including phenoxy) is 1. The van der Waals surface area contributed by atoms with Gasteiger partial charge >= 0.3 is 0 Å². The van der Waals surface area contributed by atoms with E-state index in [1.807, 2.05) is 60.8 Å². The van der Waals surface area contributed by atoms with Crippen molar-refractivity contribution in [1.29, 1.82) is 0 Å². The van der Waals surface area contributed by atoms with Gasteiger partial charge in [0, 0.05) is 35.8 Å². The van der Waals surface area contributed by atoms with Crippen LogP contribution in [0.5, 0.6) is 0 Å². The highest BCUT2D eigenvalue weighted by Crippen LogP contribution is 2.20. The van der Waals surface area contributed by atoms with E-state index in [0.717, 1.165) is 22.9 Å². The molecule has 1 unspecified atom stereocenters. The van der Waals surface area contributed by atoms with Crippen LogP contribution >= 0.6 is 0 Å². The van der Waals surface area contributed by atoms with Gasteiger partial charge in [-0.1, -0.05) is 36.4 Å². The van der Waals surface area contributed by atoms with E-state index in [0.29, 0.717) is 25.1 Å². The van der Waals surface area contributed by atoms with Gasteiger partial charge in [-0.15, -0.1) is 0 Å². The molecule has 0 aliphatic carbocycles. The Labute approximate surface area is 163 Å². The smallest absolute Gasteiger partial charge is 0.249 e. The van der Waals surface area contributed by atoms with Crippen LogP contribution in [0.1, 0.15) is 18.4 Å². The summed E-state index contributed by atoms with van der Waals surface area (Å²) in [4.78, 5) is 28.8. The molecule has 4 rings (SSSR count). The lowest BCUT2D eigenvalue weighted by atomic mass is 10.0. The van der Waals surface area contributed by atoms with Gasteiger partial charge in [-0.2, -0.15) is 0 Å². The van der Waals surface area contributed by atoms with Crippen molar-refractivity contribution in [2.24, 2.45) is 0 Å². The topological polar surface area (TPSA) is 83.2 Å². The van der Waals surface area contributed by atoms with E-state index >= 15 is 0 Å². The van der Waals surface area contributed by atoms with Crippen molar-refractivity contribution in [3.63, 3.8) is 0 Å². The summed E-state index contributed by atoms with van der Waals surface area (Å²) in [5, 5.41) is 6.83. The van der Waals surface area contributed by atoms with Gasteiger partial charge in [-0.25, -0.2) is 0 Å². The van der Waals surface area contributed by atoms with Gasteiger partial charge in [0.25, 0.3) is 0 Å². The first-order valence-corrected chi connectivity index (χ1v) is 9.53. The zero-order chi connectivity index (χ0) is 19.3. The molecule has 6 nitrogen and oxygen atoms in total. The summed E-state index contributed by atoms with van der Waals surface area (Å²) in [6.45, 7) is 0.585. The highest BCUT2D eigenvalue weighted by atomic mass is 16.5. The minimum Gasteiger partial charge on any atom is -0.368 e. The van der Waals surface area contributed by atoms with Crippen LogP contribution in [0.25, 0.3) is 10.9 Å². The van der Waals surface area contributed by atoms with E-state index in [4.69, 9.17) is 4.74 Å². The molecule has 1 fully saturated rings. The van der Waals surface area contributed by atoms with Gasteiger partial charge in [0.05, 0.1) is 0 Å². The first-order valence-electron chi connectivity index (χ1n) is 9.53. The number of H-pyrrole nitrogens is 1. The number of carbonyl (C=O) groups is 2. The Kier molecular flexibility index (Phi) is 5.39. The number of hydrogen-bond donors (Lipinski definition) is 3. The molecule has 3 aromatic rings. The zero-order valence-electron chi connectivity index (χ0n) is 15.5. The number of fused-ring (bicyclic) bond motifs is 1. The first kappa shape index (κ1) is 18.3. The molecule has 6 heteroatoms. The van der Waals surface area contributed by atoms with E-state index in [2.05, 4.69) is 15.6 Å². The van der Waals surface area contributed by atoms with Crippen molar-refractivity contribution in [1.82, 2.24) is 10.3 Å². The van der Waals surface area contributed by atoms with Crippen molar-refractivity contribution in [3.05, 3.63) is 66.4 Å². The average Bonchev–Trinajstić information content (AvgIpc) is 3.39. The third-order valence-corrected chi connectivity index (χ3v) is 5.00. The highest BCUT2D eigenvalue weighted by molar-refractivity contribution is 5.98. The second kappa shape index (κ2) is 8.27. The van der Waals surface area contributed by atoms with Crippen LogP contribution in [-0.4, -0.2) is 35.6 Å². The molecule has 0 bridgehead atoms. The number of anilines is 1. The second-order valence-corrected chi connectivity index (χ2v) is 6.98. The van der Waals surface area contributed by atoms with Gasteiger partial charge in [0.15, 0.2) is 0 Å². The Hall–Kier alpha value is -3.12. The lowest BCUT2D eigenvalue weighted by Crippen LogP contribution is -2.48. The third kappa shape index (κ3) is 4.07. The van der Waals surface area contributed by atoms with Crippen LogP contribution in [0.15, 0.2) is 60.8 Å². The number of nitrogens with one attached hydrogen (secondary N) is 3. The fourth-order valence-electron chi connectivity index (χ4n) is 3.53. The van der Waals surface area contributed by atoms with Crippen LogP contribution in [0.2, 0.25) is 0 Å². The molecule has 2 aromatic carbocycles. The monoisotopic (exact) mass is 377 g/mol. The predicted octanol–water partition coefficient (Wildman–Crippen LogP) is 3.01. The average molecular weight is 377 g/mol. The standard InChI is InChI=1S/C22H23N3O3/c26-21(24-16-7-2-1-3-8-16)19(25-22(27)20-11-6-12-28-20)13-15-14-23-18-10-5-4-9-17(15)18/h1-5,7-10,14,19-20,23H,6,11-13H2,(H,24,26)(H,25,27)/t19-,20?/m0/s1. The molecule has 1 aromatic heterocycles. The zero-order valence-corrected chi connectivity index (χ0v) is 15.5. The molecule has 1 aliphatic heterocycles. The second-order valence-electron chi connectivity index (χ2n) is 6.98. The van der Waals surface area contributed by atoms with Crippen molar-refractivity contribution in [2.75, 3.05) is 11.9 Å². The summed E-state index contributed by atoms with van der Waals surface area (Å²) in [7, 11) is 0. The SMILES string of the molecule is O=C(N[C@@H](Cc1c[nH]c2ccccc12)C(=O)Nc1ccccc1)C1CCCO1. The quantitative estimate of drug-likeness (QED) is 0.617. The molecule has 1 saturated heterocycles. The Morgan fingerprint density at radius 3 is 2.68 bits per heavy atom. The summed E-state index contributed by atoms with van der Waals surface area (Å²) in [6.07, 6.45) is 3.36. The summed E-state index contributed by atoms with van der Waals surface area (Å²) >= 11 is 0. The van der Waals surface area contributed by atoms with Crippen LogP contribution in [0.3, 0.4) is 0 Å². The molecule has 2 heterocycles. The number of hydrogen-bond acceptors (Lipinski definition) is 3. The lowest BCUT2D eigenvalue weighted by Gasteiger charge is -2.20. The Balaban J connectivity index is 1.55. The van der Waals surface area contributed by atoms with Gasteiger partial charge in [-0.3, -0.25) is 9.59 Å². The van der Waals surface area contributed by atoms with E-state index in [-0.39, 0.29) is 11.8 Å². The largest absolute Gasteiger partial charge is 0.368 e. The number of carbonyl (C=O) groups excluding carboxylic acids is 2. The summed E-state index contributed by atoms with van der Waals surface area (Å²) in [5.74, 6) is -0.478. The summed E-state index contributed by atoms with van der Waals surface area (Å²) in [5.41, 5.74) is 2.68. The maximum atomic E-state index is 12.9. The van der Waals surface area contributed by atoms with Gasteiger partial charge < -0.3 is 20.4 Å². The van der Waals surface area contributed by atoms with Crippen molar-refractivity contribution in [3.8, 4) is 0 Å². The van der Waals surface area contributed by atoms with Gasteiger partial charge in [0.2, 0.25) is 11.8 Å². The minimum atomic E-state index is -0.698. The molecule has 2 amide bonds. The molecule has 3 N–H and O–H groups in total. The fourth-order valence-corrected chi connectivity index (χ4v) is 3.53. The maximum absolute atomic E-state index is 12.9. The van der Waals surface area contributed by atoms with Crippen molar-refractivity contribution >= 4 is 28.4 Å². The van der Waals surface area contributed by atoms with E-state index in [9.17, 15) is 9.59 Å². The highest BCUT2D eigenvalue weighted by Gasteiger charge is 2.29. The molecular weight excluding hydrogens is 354 g/mol. The number of rotatable bonds is 6. The Morgan fingerprint density at radius 2 is 1.89 bits per heavy atom. The van der Waals surface area contributed by atoms with Crippen molar-refractivity contribution in [2.45, 2.75) is 31.4 Å². The van der Waals surface area contributed by atoms with Gasteiger partial charge in [-0.05, 0) is 36.6 Å². The third-order valence-electron chi connectivity index (χ3n) is 5.00. The molecule has 28 heavy (non-hydrogen) atoms. The van der Waals surface area contributed by atoms with E-state index < -0.39 is 12.1 Å². The molecule has 144 valence electrons. The van der Waals surface area contributed by atoms with Crippen LogP contribution < -0.4 is 10.6 Å². The van der Waals surface area contributed by atoms with E-state index in [1.54, 1.807) is 0 Å². The number of para-hydroxylation sites is 2. The molecule has 0 radical (unpaired) electrons. The Bertz CT molecular complexity index is 961. The normalized spacial score (nSPS) is 17.4. The fraction of sp³-hybridized carbons (Fsp3) is 0.273. The number of benzene rings is 2. The number of aromatic nitrogens is 1.